The van der Waals surface area contributed by atoms with Gasteiger partial charge in [-0.15, -0.1) is 0 Å². The molecule has 0 bridgehead atoms. The molecule has 0 saturated carbocycles. The molecule has 2 aromatic carbocycles. The topological polar surface area (TPSA) is 35.5 Å². The lowest BCUT2D eigenvalue weighted by Crippen LogP contribution is -2.42. The average Bonchev–Trinajstić information content (AvgIpc) is 2.59. The molecule has 0 radical (unpaired) electrons. The summed E-state index contributed by atoms with van der Waals surface area (Å²) in [5.41, 5.74) is 1.50. The number of benzene rings is 2. The Morgan fingerprint density at radius 1 is 0.960 bits per heavy atom. The van der Waals surface area contributed by atoms with Crippen molar-refractivity contribution in [1.82, 2.24) is 0 Å². The summed E-state index contributed by atoms with van der Waals surface area (Å²) in [4.78, 5) is 12.5. The lowest BCUT2D eigenvalue weighted by Gasteiger charge is -2.37. The first-order valence-corrected chi connectivity index (χ1v) is 11.6. The van der Waals surface area contributed by atoms with Gasteiger partial charge in [0.15, 0.2) is 8.32 Å². The molecule has 0 fully saturated rings. The summed E-state index contributed by atoms with van der Waals surface area (Å²) in [6.45, 7) is 11.4. The normalized spacial score (nSPS) is 13.3. The summed E-state index contributed by atoms with van der Waals surface area (Å²) in [6.07, 6.45) is -0.414. The molecule has 0 aliphatic rings. The second-order valence-corrected chi connectivity index (χ2v) is 12.6. The molecule has 2 aromatic rings. The van der Waals surface area contributed by atoms with Crippen LogP contribution in [0.2, 0.25) is 18.1 Å². The van der Waals surface area contributed by atoms with E-state index in [1.54, 1.807) is 12.1 Å². The lowest BCUT2D eigenvalue weighted by molar-refractivity contribution is 0.0150. The highest BCUT2D eigenvalue weighted by atomic mass is 28.4. The Labute approximate surface area is 152 Å². The van der Waals surface area contributed by atoms with Crippen LogP contribution in [0.15, 0.2) is 60.7 Å². The van der Waals surface area contributed by atoms with E-state index in [0.29, 0.717) is 12.2 Å². The van der Waals surface area contributed by atoms with E-state index in [9.17, 15) is 4.79 Å². The van der Waals surface area contributed by atoms with Gasteiger partial charge >= 0.3 is 5.97 Å². The zero-order valence-corrected chi connectivity index (χ0v) is 16.8. The number of carbonyl (C=O) groups is 1. The van der Waals surface area contributed by atoms with Gasteiger partial charge < -0.3 is 9.16 Å². The molecule has 0 aliphatic heterocycles. The van der Waals surface area contributed by atoms with Gasteiger partial charge in [0.2, 0.25) is 0 Å². The Balaban J connectivity index is 2.16. The van der Waals surface area contributed by atoms with Crippen LogP contribution in [0, 0.1) is 0 Å². The molecule has 0 heterocycles. The summed E-state index contributed by atoms with van der Waals surface area (Å²) >= 11 is 0. The fraction of sp³-hybridized carbons (Fsp3) is 0.381. The molecule has 0 spiro atoms. The number of hydrogen-bond acceptors (Lipinski definition) is 3. The average molecular weight is 357 g/mol. The Bertz CT molecular complexity index is 675. The molecule has 3 nitrogen and oxygen atoms in total. The zero-order chi connectivity index (χ0) is 18.5. The predicted octanol–water partition coefficient (Wildman–Crippen LogP) is 5.61. The molecule has 2 rings (SSSR count). The molecule has 4 heteroatoms. The lowest BCUT2D eigenvalue weighted by atomic mass is 10.1. The van der Waals surface area contributed by atoms with Crippen LogP contribution >= 0.6 is 0 Å². The fourth-order valence-electron chi connectivity index (χ4n) is 2.14. The van der Waals surface area contributed by atoms with Crippen molar-refractivity contribution in [3.8, 4) is 0 Å². The van der Waals surface area contributed by atoms with Crippen LogP contribution in [0.4, 0.5) is 0 Å². The first-order valence-electron chi connectivity index (χ1n) is 8.66. The minimum absolute atomic E-state index is 0.109. The van der Waals surface area contributed by atoms with E-state index in [2.05, 4.69) is 33.9 Å². The number of carbonyl (C=O) groups excluding carboxylic acids is 1. The Kier molecular flexibility index (Phi) is 6.19. The highest BCUT2D eigenvalue weighted by Crippen LogP contribution is 2.37. The number of esters is 1. The van der Waals surface area contributed by atoms with Crippen LogP contribution in [0.5, 0.6) is 0 Å². The maximum absolute atomic E-state index is 12.5. The first-order chi connectivity index (χ1) is 11.7. The van der Waals surface area contributed by atoms with Gasteiger partial charge in [-0.2, -0.15) is 0 Å². The standard InChI is InChI=1S/C21H28O3Si/c1-21(2,3)25(4,5)23-16-19(17-12-8-6-9-13-17)24-20(22)18-14-10-7-11-15-18/h6-15,19H,16H2,1-5H3/t19-/m1/s1. The van der Waals surface area contributed by atoms with Crippen LogP contribution in [-0.2, 0) is 9.16 Å². The monoisotopic (exact) mass is 356 g/mol. The van der Waals surface area contributed by atoms with Crippen molar-refractivity contribution in [3.05, 3.63) is 71.8 Å². The number of hydrogen-bond donors (Lipinski definition) is 0. The summed E-state index contributed by atoms with van der Waals surface area (Å²) in [6, 6.07) is 18.9. The molecule has 0 N–H and O–H groups in total. The minimum Gasteiger partial charge on any atom is -0.451 e. The van der Waals surface area contributed by atoms with Gasteiger partial charge in [-0.05, 0) is 35.8 Å². The molecule has 0 aromatic heterocycles. The van der Waals surface area contributed by atoms with Crippen molar-refractivity contribution in [2.75, 3.05) is 6.61 Å². The largest absolute Gasteiger partial charge is 0.451 e. The summed E-state index contributed by atoms with van der Waals surface area (Å²) in [5.74, 6) is -0.326. The van der Waals surface area contributed by atoms with Crippen LogP contribution in [-0.4, -0.2) is 20.9 Å². The molecule has 1 atom stereocenters. The van der Waals surface area contributed by atoms with Gasteiger partial charge in [0, 0.05) is 0 Å². The second kappa shape index (κ2) is 7.98. The van der Waals surface area contributed by atoms with Crippen molar-refractivity contribution in [2.24, 2.45) is 0 Å². The third-order valence-electron chi connectivity index (χ3n) is 4.83. The number of ether oxygens (including phenoxy) is 1. The summed E-state index contributed by atoms with van der Waals surface area (Å²) < 4.78 is 12.1. The van der Waals surface area contributed by atoms with Crippen LogP contribution in [0.1, 0.15) is 42.8 Å². The van der Waals surface area contributed by atoms with E-state index in [1.807, 2.05) is 48.5 Å². The fourth-order valence-corrected chi connectivity index (χ4v) is 3.14. The van der Waals surface area contributed by atoms with Crippen molar-refractivity contribution < 1.29 is 14.0 Å². The highest BCUT2D eigenvalue weighted by molar-refractivity contribution is 6.74. The molecule has 0 aliphatic carbocycles. The maximum atomic E-state index is 12.5. The third-order valence-corrected chi connectivity index (χ3v) is 9.33. The Morgan fingerprint density at radius 3 is 2.00 bits per heavy atom. The molecule has 134 valence electrons. The molecule has 0 amide bonds. The Hall–Kier alpha value is -1.91. The highest BCUT2D eigenvalue weighted by Gasteiger charge is 2.38. The van der Waals surface area contributed by atoms with Gasteiger partial charge in [-0.1, -0.05) is 69.3 Å². The van der Waals surface area contributed by atoms with Gasteiger partial charge in [0.05, 0.1) is 12.2 Å². The van der Waals surface area contributed by atoms with E-state index < -0.39 is 14.4 Å². The molecule has 0 unspecified atom stereocenters. The predicted molar refractivity (Wildman–Crippen MR) is 104 cm³/mol. The van der Waals surface area contributed by atoms with Gasteiger partial charge in [-0.25, -0.2) is 4.79 Å². The van der Waals surface area contributed by atoms with Crippen LogP contribution in [0.25, 0.3) is 0 Å². The Morgan fingerprint density at radius 2 is 1.48 bits per heavy atom. The first kappa shape index (κ1) is 19.4. The molecule has 0 saturated heterocycles. The van der Waals surface area contributed by atoms with E-state index in [1.165, 1.54) is 0 Å². The second-order valence-electron chi connectivity index (χ2n) is 7.74. The molecular weight excluding hydrogens is 328 g/mol. The summed E-state index contributed by atoms with van der Waals surface area (Å²) in [5, 5.41) is 0.109. The van der Waals surface area contributed by atoms with Gasteiger partial charge in [-0.3, -0.25) is 0 Å². The van der Waals surface area contributed by atoms with E-state index in [4.69, 9.17) is 9.16 Å². The van der Waals surface area contributed by atoms with Crippen molar-refractivity contribution >= 4 is 14.3 Å². The quantitative estimate of drug-likeness (QED) is 0.499. The van der Waals surface area contributed by atoms with E-state index in [0.717, 1.165) is 5.56 Å². The van der Waals surface area contributed by atoms with Crippen molar-refractivity contribution in [3.63, 3.8) is 0 Å². The zero-order valence-electron chi connectivity index (χ0n) is 15.8. The minimum atomic E-state index is -1.92. The van der Waals surface area contributed by atoms with E-state index in [-0.39, 0.29) is 11.0 Å². The molecular formula is C21H28O3Si. The van der Waals surface area contributed by atoms with Crippen LogP contribution in [0.3, 0.4) is 0 Å². The summed E-state index contributed by atoms with van der Waals surface area (Å²) in [7, 11) is -1.92. The van der Waals surface area contributed by atoms with Crippen molar-refractivity contribution in [1.29, 1.82) is 0 Å². The maximum Gasteiger partial charge on any atom is 0.338 e. The van der Waals surface area contributed by atoms with Crippen molar-refractivity contribution in [2.45, 2.75) is 45.0 Å². The van der Waals surface area contributed by atoms with Crippen LogP contribution < -0.4 is 0 Å². The smallest absolute Gasteiger partial charge is 0.338 e. The van der Waals surface area contributed by atoms with Gasteiger partial charge in [0.25, 0.3) is 0 Å². The number of rotatable bonds is 6. The van der Waals surface area contributed by atoms with Gasteiger partial charge in [0.1, 0.15) is 6.10 Å². The molecule has 25 heavy (non-hydrogen) atoms. The third kappa shape index (κ3) is 5.28. The van der Waals surface area contributed by atoms with E-state index >= 15 is 0 Å². The SMILES string of the molecule is CC(C)(C)[Si](C)(C)OC[C@@H](OC(=O)c1ccccc1)c1ccccc1.